The summed E-state index contributed by atoms with van der Waals surface area (Å²) < 4.78 is 11.8. The highest BCUT2D eigenvalue weighted by atomic mass is 32.1. The maximum Gasteiger partial charge on any atom is 0.179 e. The molecule has 0 amide bonds. The zero-order chi connectivity index (χ0) is 41.3. The monoisotopic (exact) mass is 824 g/mol. The third kappa shape index (κ3) is 4.81. The van der Waals surface area contributed by atoms with Crippen LogP contribution in [0.1, 0.15) is 16.7 Å². The van der Waals surface area contributed by atoms with Gasteiger partial charge in [0.25, 0.3) is 0 Å². The van der Waals surface area contributed by atoms with Crippen molar-refractivity contribution in [2.24, 2.45) is 15.9 Å². The predicted molar refractivity (Wildman–Crippen MR) is 259 cm³/mol. The van der Waals surface area contributed by atoms with Gasteiger partial charge in [-0.2, -0.15) is 0 Å². The molecule has 14 rings (SSSR count). The van der Waals surface area contributed by atoms with Gasteiger partial charge in [-0.15, -0.1) is 11.3 Å². The first-order valence-corrected chi connectivity index (χ1v) is 22.3. The zero-order valence-electron chi connectivity index (χ0n) is 33.9. The number of amidine groups is 2. The second kappa shape index (κ2) is 12.9. The Hall–Kier alpha value is -7.80. The molecule has 10 aromatic rings. The second-order valence-corrected chi connectivity index (χ2v) is 18.0. The van der Waals surface area contributed by atoms with Gasteiger partial charge < -0.3 is 14.6 Å². The fourth-order valence-electron chi connectivity index (χ4n) is 10.8. The molecule has 63 heavy (non-hydrogen) atoms. The minimum Gasteiger partial charge on any atom is -0.460 e. The molecule has 0 saturated heterocycles. The average molecular weight is 825 g/mol. The van der Waals surface area contributed by atoms with E-state index in [1.165, 1.54) is 53.1 Å². The smallest absolute Gasteiger partial charge is 0.179 e. The van der Waals surface area contributed by atoms with Crippen molar-refractivity contribution in [2.75, 3.05) is 0 Å². The van der Waals surface area contributed by atoms with Crippen molar-refractivity contribution in [3.63, 3.8) is 0 Å². The van der Waals surface area contributed by atoms with Gasteiger partial charge in [0, 0.05) is 59.2 Å². The molecule has 4 heterocycles. The highest BCUT2D eigenvalue weighted by Gasteiger charge is 2.84. The van der Waals surface area contributed by atoms with E-state index in [1.807, 2.05) is 23.5 Å². The lowest BCUT2D eigenvalue weighted by molar-refractivity contribution is 0.404. The van der Waals surface area contributed by atoms with E-state index >= 15 is 0 Å². The number of thiophene rings is 1. The largest absolute Gasteiger partial charge is 0.460 e. The molecule has 2 spiro atoms. The summed E-state index contributed by atoms with van der Waals surface area (Å²) in [5, 5.41) is 8.69. The first kappa shape index (κ1) is 34.9. The van der Waals surface area contributed by atoms with Crippen LogP contribution in [0.5, 0.6) is 5.75 Å². The molecule has 2 aliphatic heterocycles. The van der Waals surface area contributed by atoms with Crippen molar-refractivity contribution in [3.8, 4) is 33.7 Å². The Bertz CT molecular complexity index is 3630. The van der Waals surface area contributed by atoms with Gasteiger partial charge in [-0.1, -0.05) is 152 Å². The van der Waals surface area contributed by atoms with E-state index in [2.05, 4.69) is 204 Å². The summed E-state index contributed by atoms with van der Waals surface area (Å²) in [6, 6.07) is 67.6. The predicted octanol–water partition coefficient (Wildman–Crippen LogP) is 13.4. The van der Waals surface area contributed by atoms with Crippen LogP contribution in [0.25, 0.3) is 69.9 Å². The standard InChI is InChI=1S/C57H36N4OS/c1-3-13-36(14-4-1)54-58-55(37-15-5-2-6-16-37)60-57(59-54)51-23-12-24-52-56(51,57)46-34-39(28-32-49(46)62-52)38-27-31-48-45(33-38)42-17-7-9-21-47(42)61(48)40-29-25-35(26-30-40)41-19-11-20-44-43-18-8-10-22-50(43)63-53(41)44/h1-34,51H,(H,58,59,60). The van der Waals surface area contributed by atoms with Crippen LogP contribution in [0.2, 0.25) is 0 Å². The third-order valence-corrected chi connectivity index (χ3v) is 14.9. The Morgan fingerprint density at radius 1 is 0.540 bits per heavy atom. The second-order valence-electron chi connectivity index (χ2n) is 16.9. The van der Waals surface area contributed by atoms with E-state index in [1.54, 1.807) is 0 Å². The minimum absolute atomic E-state index is 0.00858. The maximum absolute atomic E-state index is 6.76. The number of rotatable bonds is 5. The quantitative estimate of drug-likeness (QED) is 0.188. The summed E-state index contributed by atoms with van der Waals surface area (Å²) in [6.45, 7) is 0. The molecule has 0 bridgehead atoms. The highest BCUT2D eigenvalue weighted by molar-refractivity contribution is 7.26. The number of hydrogen-bond acceptors (Lipinski definition) is 5. The molecule has 2 aliphatic carbocycles. The van der Waals surface area contributed by atoms with E-state index in [0.29, 0.717) is 0 Å². The fraction of sp³-hybridized carbons (Fsp3) is 0.0526. The lowest BCUT2D eigenvalue weighted by atomic mass is 9.87. The Balaban J connectivity index is 0.876. The first-order valence-electron chi connectivity index (χ1n) is 21.5. The van der Waals surface area contributed by atoms with E-state index < -0.39 is 11.1 Å². The van der Waals surface area contributed by atoms with Gasteiger partial charge in [0.2, 0.25) is 0 Å². The van der Waals surface area contributed by atoms with Crippen molar-refractivity contribution in [3.05, 3.63) is 229 Å². The summed E-state index contributed by atoms with van der Waals surface area (Å²) in [7, 11) is 0. The first-order chi connectivity index (χ1) is 31.2. The maximum atomic E-state index is 6.76. The molecule has 2 unspecified atom stereocenters. The lowest BCUT2D eigenvalue weighted by Gasteiger charge is -2.25. The van der Waals surface area contributed by atoms with Crippen LogP contribution in [0, 0.1) is 5.92 Å². The average Bonchev–Trinajstić information content (AvgIpc) is 3.68. The third-order valence-electron chi connectivity index (χ3n) is 13.7. The van der Waals surface area contributed by atoms with E-state index in [9.17, 15) is 0 Å². The van der Waals surface area contributed by atoms with E-state index in [0.717, 1.165) is 56.7 Å². The molecule has 8 aromatic carbocycles. The molecule has 0 radical (unpaired) electrons. The number of allylic oxidation sites excluding steroid dienone is 2. The van der Waals surface area contributed by atoms with Gasteiger partial charge in [-0.05, 0) is 76.9 Å². The number of nitrogens with one attached hydrogen (secondary N) is 1. The molecule has 296 valence electrons. The van der Waals surface area contributed by atoms with Gasteiger partial charge in [0.05, 0.1) is 11.0 Å². The Labute approximate surface area is 367 Å². The topological polar surface area (TPSA) is 50.9 Å². The summed E-state index contributed by atoms with van der Waals surface area (Å²) in [5.41, 5.74) is 10.1. The molecule has 2 aromatic heterocycles. The summed E-state index contributed by atoms with van der Waals surface area (Å²) in [5.74, 6) is 3.39. The molecule has 1 saturated carbocycles. The zero-order valence-corrected chi connectivity index (χ0v) is 34.7. The van der Waals surface area contributed by atoms with Crippen LogP contribution in [0.3, 0.4) is 0 Å². The number of nitrogens with zero attached hydrogens (tertiary/aromatic N) is 3. The van der Waals surface area contributed by atoms with Gasteiger partial charge in [0.1, 0.15) is 28.6 Å². The highest BCUT2D eigenvalue weighted by Crippen LogP contribution is 2.76. The summed E-state index contributed by atoms with van der Waals surface area (Å²) in [4.78, 5) is 11.1. The van der Waals surface area contributed by atoms with Crippen LogP contribution in [0.15, 0.2) is 222 Å². The molecule has 4 aliphatic rings. The molecule has 5 nitrogen and oxygen atoms in total. The van der Waals surface area contributed by atoms with Gasteiger partial charge in [-0.3, -0.25) is 0 Å². The molecular weight excluding hydrogens is 789 g/mol. The van der Waals surface area contributed by atoms with E-state index in [-0.39, 0.29) is 5.92 Å². The van der Waals surface area contributed by atoms with Crippen molar-refractivity contribution in [1.82, 2.24) is 9.88 Å². The van der Waals surface area contributed by atoms with Crippen molar-refractivity contribution >= 4 is 65.0 Å². The number of benzene rings is 8. The Morgan fingerprint density at radius 3 is 1.98 bits per heavy atom. The lowest BCUT2D eigenvalue weighted by Crippen LogP contribution is -2.40. The molecule has 6 heteroatoms. The van der Waals surface area contributed by atoms with E-state index in [4.69, 9.17) is 14.7 Å². The minimum atomic E-state index is -0.811. The summed E-state index contributed by atoms with van der Waals surface area (Å²) in [6.07, 6.45) is 6.50. The molecule has 1 fully saturated rings. The normalized spacial score (nSPS) is 19.0. The number of fused-ring (bicyclic) bond motifs is 8. The van der Waals surface area contributed by atoms with Crippen LogP contribution in [-0.2, 0) is 5.41 Å². The van der Waals surface area contributed by atoms with Crippen LogP contribution < -0.4 is 10.1 Å². The van der Waals surface area contributed by atoms with Crippen molar-refractivity contribution in [2.45, 2.75) is 11.1 Å². The van der Waals surface area contributed by atoms with Crippen LogP contribution >= 0.6 is 11.3 Å². The Kier molecular flexibility index (Phi) is 7.12. The molecular formula is C57H36N4OS. The number of para-hydroxylation sites is 1. The number of aliphatic imine (C=N–C) groups is 2. The fourth-order valence-corrected chi connectivity index (χ4v) is 12.1. The number of aromatic nitrogens is 1. The Morgan fingerprint density at radius 2 is 1.19 bits per heavy atom. The summed E-state index contributed by atoms with van der Waals surface area (Å²) >= 11 is 1.87. The number of ether oxygens (including phenoxy) is 1. The van der Waals surface area contributed by atoms with Gasteiger partial charge >= 0.3 is 0 Å². The van der Waals surface area contributed by atoms with Gasteiger partial charge in [0.15, 0.2) is 5.66 Å². The molecule has 1 N–H and O–H groups in total. The van der Waals surface area contributed by atoms with Crippen molar-refractivity contribution < 1.29 is 4.74 Å². The van der Waals surface area contributed by atoms with Crippen LogP contribution in [0.4, 0.5) is 0 Å². The SMILES string of the molecule is C1=CC2C3(N=C(c4ccccc4)NC(c4ccccc4)=N3)C23C(=C1)Oc1ccc(-c2ccc4c(c2)c2ccccc2n4-c2ccc(-c4cccc5c4sc4ccccc45)cc2)cc13. The number of hydrogen-bond donors (Lipinski definition) is 1. The van der Waals surface area contributed by atoms with Crippen molar-refractivity contribution in [1.29, 1.82) is 0 Å². The van der Waals surface area contributed by atoms with Crippen LogP contribution in [-0.4, -0.2) is 21.9 Å². The van der Waals surface area contributed by atoms with Gasteiger partial charge in [-0.25, -0.2) is 9.98 Å². The molecule has 2 atom stereocenters.